The van der Waals surface area contributed by atoms with Gasteiger partial charge in [-0.25, -0.2) is 0 Å². The van der Waals surface area contributed by atoms with Crippen LogP contribution in [0.2, 0.25) is 0 Å². The quantitative estimate of drug-likeness (QED) is 0.415. The lowest BCUT2D eigenvalue weighted by molar-refractivity contribution is 0.624. The van der Waals surface area contributed by atoms with Crippen LogP contribution in [0.4, 0.5) is 0 Å². The molecule has 1 fully saturated rings. The number of rotatable bonds is 0. The van der Waals surface area contributed by atoms with Crippen LogP contribution in [-0.2, 0) is 0 Å². The molecule has 0 amide bonds. The van der Waals surface area contributed by atoms with Crippen molar-refractivity contribution in [2.75, 3.05) is 0 Å². The van der Waals surface area contributed by atoms with Crippen LogP contribution in [0.3, 0.4) is 0 Å². The van der Waals surface area contributed by atoms with E-state index in [0.29, 0.717) is 0 Å². The largest absolute Gasteiger partial charge is 0.121 e. The summed E-state index contributed by atoms with van der Waals surface area (Å²) < 4.78 is 0. The molecule has 3 heteroatoms. The van der Waals surface area contributed by atoms with Crippen molar-refractivity contribution in [3.8, 4) is 0 Å². The highest BCUT2D eigenvalue weighted by atomic mass is 35.5. The van der Waals surface area contributed by atoms with E-state index in [4.69, 9.17) is 34.8 Å². The van der Waals surface area contributed by atoms with E-state index in [-0.39, 0.29) is 16.1 Å². The number of hydrogen-bond donors (Lipinski definition) is 0. The van der Waals surface area contributed by atoms with E-state index < -0.39 is 0 Å². The van der Waals surface area contributed by atoms with Crippen molar-refractivity contribution in [1.82, 2.24) is 0 Å². The molecule has 0 N–H and O–H groups in total. The smallest absolute Gasteiger partial charge is 0.0669 e. The molecule has 2 unspecified atom stereocenters. The van der Waals surface area contributed by atoms with Gasteiger partial charge in [-0.1, -0.05) is 12.2 Å². The summed E-state index contributed by atoms with van der Waals surface area (Å²) in [5, 5.41) is -0.176. The molecule has 0 saturated heterocycles. The molecule has 0 aromatic heterocycles. The summed E-state index contributed by atoms with van der Waals surface area (Å²) in [5.41, 5.74) is 1.11. The Hall–Kier alpha value is 0.610. The Morgan fingerprint density at radius 3 is 1.90 bits per heavy atom. The van der Waals surface area contributed by atoms with Gasteiger partial charge in [0.05, 0.1) is 16.1 Å². The fourth-order valence-electron chi connectivity index (χ4n) is 1.09. The van der Waals surface area contributed by atoms with Crippen molar-refractivity contribution < 1.29 is 0 Å². The zero-order chi connectivity index (χ0) is 7.72. The summed E-state index contributed by atoms with van der Waals surface area (Å²) in [6.45, 7) is 3.82. The Kier molecular flexibility index (Phi) is 2.91. The minimum Gasteiger partial charge on any atom is -0.121 e. The number of hydrogen-bond acceptors (Lipinski definition) is 0. The second-order valence-corrected chi connectivity index (χ2v) is 4.26. The molecular formula is C7H9Cl3. The minimum absolute atomic E-state index is 0.0367. The first-order valence-corrected chi connectivity index (χ1v) is 4.51. The zero-order valence-corrected chi connectivity index (χ0v) is 7.76. The van der Waals surface area contributed by atoms with Crippen LogP contribution in [0.5, 0.6) is 0 Å². The molecular weight excluding hydrogens is 190 g/mol. The van der Waals surface area contributed by atoms with Gasteiger partial charge in [-0.05, 0) is 12.8 Å². The lowest BCUT2D eigenvalue weighted by Gasteiger charge is -2.27. The van der Waals surface area contributed by atoms with Gasteiger partial charge in [0.2, 0.25) is 0 Å². The van der Waals surface area contributed by atoms with Crippen LogP contribution in [-0.4, -0.2) is 16.1 Å². The van der Waals surface area contributed by atoms with E-state index in [1.54, 1.807) is 0 Å². The average molecular weight is 200 g/mol. The second kappa shape index (κ2) is 3.34. The van der Waals surface area contributed by atoms with Crippen LogP contribution in [0.1, 0.15) is 12.8 Å². The lowest BCUT2D eigenvalue weighted by Crippen LogP contribution is -2.31. The Balaban J connectivity index is 2.57. The first kappa shape index (κ1) is 8.70. The van der Waals surface area contributed by atoms with Gasteiger partial charge in [0.25, 0.3) is 0 Å². The van der Waals surface area contributed by atoms with Gasteiger partial charge in [-0.3, -0.25) is 0 Å². The maximum Gasteiger partial charge on any atom is 0.0669 e. The predicted octanol–water partition coefficient (Wildman–Crippen LogP) is 3.16. The SMILES string of the molecule is C=C1CC(Cl)C(Cl)C(Cl)C1. The van der Waals surface area contributed by atoms with Gasteiger partial charge in [-0.2, -0.15) is 0 Å². The molecule has 0 radical (unpaired) electrons. The zero-order valence-electron chi connectivity index (χ0n) is 5.49. The molecule has 10 heavy (non-hydrogen) atoms. The number of halogens is 3. The molecule has 0 nitrogen and oxygen atoms in total. The predicted molar refractivity (Wildman–Crippen MR) is 47.3 cm³/mol. The van der Waals surface area contributed by atoms with E-state index in [9.17, 15) is 0 Å². The number of alkyl halides is 3. The van der Waals surface area contributed by atoms with Crippen molar-refractivity contribution in [2.24, 2.45) is 0 Å². The highest BCUT2D eigenvalue weighted by molar-refractivity contribution is 6.35. The number of allylic oxidation sites excluding steroid dienone is 1. The summed E-state index contributed by atoms with van der Waals surface area (Å²) in [4.78, 5) is 0. The molecule has 1 rings (SSSR count). The Labute approximate surface area is 76.1 Å². The lowest BCUT2D eigenvalue weighted by atomic mass is 9.95. The average Bonchev–Trinajstić information content (AvgIpc) is 1.82. The van der Waals surface area contributed by atoms with Gasteiger partial charge in [-0.15, -0.1) is 34.8 Å². The molecule has 0 aliphatic heterocycles. The van der Waals surface area contributed by atoms with Crippen LogP contribution < -0.4 is 0 Å². The normalized spacial score (nSPS) is 41.9. The third-order valence-corrected chi connectivity index (χ3v) is 3.38. The van der Waals surface area contributed by atoms with Crippen LogP contribution in [0.15, 0.2) is 12.2 Å². The van der Waals surface area contributed by atoms with Crippen molar-refractivity contribution in [1.29, 1.82) is 0 Å². The maximum atomic E-state index is 5.88. The molecule has 58 valence electrons. The molecule has 0 aromatic carbocycles. The first-order chi connectivity index (χ1) is 4.61. The Morgan fingerprint density at radius 2 is 1.50 bits per heavy atom. The molecule has 1 saturated carbocycles. The van der Waals surface area contributed by atoms with Crippen molar-refractivity contribution in [3.63, 3.8) is 0 Å². The third kappa shape index (κ3) is 1.81. The van der Waals surface area contributed by atoms with Gasteiger partial charge < -0.3 is 0 Å². The summed E-state index contributed by atoms with van der Waals surface area (Å²) in [7, 11) is 0. The van der Waals surface area contributed by atoms with Gasteiger partial charge >= 0.3 is 0 Å². The fraction of sp³-hybridized carbons (Fsp3) is 0.714. The second-order valence-electron chi connectivity index (χ2n) is 2.63. The maximum absolute atomic E-state index is 5.88. The van der Waals surface area contributed by atoms with E-state index >= 15 is 0 Å². The van der Waals surface area contributed by atoms with Crippen molar-refractivity contribution >= 4 is 34.8 Å². The molecule has 0 bridgehead atoms. The molecule has 0 heterocycles. The minimum atomic E-state index is -0.103. The van der Waals surface area contributed by atoms with E-state index in [0.717, 1.165) is 18.4 Å². The van der Waals surface area contributed by atoms with Crippen LogP contribution in [0.25, 0.3) is 0 Å². The first-order valence-electron chi connectivity index (χ1n) is 3.20. The van der Waals surface area contributed by atoms with Gasteiger partial charge in [0.1, 0.15) is 0 Å². The summed E-state index contributed by atoms with van der Waals surface area (Å²) in [6, 6.07) is 0. The molecule has 0 aromatic rings. The van der Waals surface area contributed by atoms with Crippen LogP contribution in [0, 0.1) is 0 Å². The summed E-state index contributed by atoms with van der Waals surface area (Å²) in [6.07, 6.45) is 1.61. The van der Waals surface area contributed by atoms with Gasteiger partial charge in [0, 0.05) is 0 Å². The molecule has 1 aliphatic rings. The van der Waals surface area contributed by atoms with Gasteiger partial charge in [0.15, 0.2) is 0 Å². The van der Waals surface area contributed by atoms with E-state index in [1.807, 2.05) is 0 Å². The monoisotopic (exact) mass is 198 g/mol. The standard InChI is InChI=1S/C7H9Cl3/c1-4-2-5(8)7(10)6(9)3-4/h5-7H,1-3H2. The molecule has 1 aliphatic carbocycles. The Bertz CT molecular complexity index is 130. The fourth-order valence-corrected chi connectivity index (χ4v) is 2.13. The Morgan fingerprint density at radius 1 is 1.10 bits per heavy atom. The van der Waals surface area contributed by atoms with E-state index in [1.165, 1.54) is 0 Å². The van der Waals surface area contributed by atoms with Crippen LogP contribution >= 0.6 is 34.8 Å². The highest BCUT2D eigenvalue weighted by Gasteiger charge is 2.30. The van der Waals surface area contributed by atoms with Crippen molar-refractivity contribution in [3.05, 3.63) is 12.2 Å². The highest BCUT2D eigenvalue weighted by Crippen LogP contribution is 2.33. The molecule has 0 spiro atoms. The topological polar surface area (TPSA) is 0 Å². The van der Waals surface area contributed by atoms with E-state index in [2.05, 4.69) is 6.58 Å². The third-order valence-electron chi connectivity index (χ3n) is 1.66. The van der Waals surface area contributed by atoms with Crippen molar-refractivity contribution in [2.45, 2.75) is 29.0 Å². The summed E-state index contributed by atoms with van der Waals surface area (Å²) >= 11 is 17.6. The molecule has 2 atom stereocenters. The summed E-state index contributed by atoms with van der Waals surface area (Å²) in [5.74, 6) is 0.